The van der Waals surface area contributed by atoms with Gasteiger partial charge in [0.25, 0.3) is 11.5 Å². The molecule has 194 valence electrons. The fourth-order valence-corrected chi connectivity index (χ4v) is 4.48. The number of carbonyl (C=O) groups excluding carboxylic acids is 1. The molecule has 0 spiro atoms. The van der Waals surface area contributed by atoms with Crippen molar-refractivity contribution in [3.63, 3.8) is 0 Å². The van der Waals surface area contributed by atoms with Gasteiger partial charge in [-0.3, -0.25) is 4.79 Å². The number of aliphatic hydroxyl groups excluding tert-OH is 1. The SMILES string of the molecule is Cc1cc(C2=NO[C@](c3cc(C(F)(F)F)cc(Cl)c3F)(C(F)(F)F)C2)ccc1C(=O)N1CC[C@@H](O)C1. The second kappa shape index (κ2) is 8.91. The first-order chi connectivity index (χ1) is 16.6. The van der Waals surface area contributed by atoms with Gasteiger partial charge in [-0.2, -0.15) is 26.3 Å². The van der Waals surface area contributed by atoms with Crippen LogP contribution in [0.25, 0.3) is 0 Å². The predicted molar refractivity (Wildman–Crippen MR) is 114 cm³/mol. The van der Waals surface area contributed by atoms with E-state index < -0.39 is 52.4 Å². The summed E-state index contributed by atoms with van der Waals surface area (Å²) in [6.07, 6.45) is -11.8. The molecule has 2 heterocycles. The third-order valence-electron chi connectivity index (χ3n) is 6.22. The van der Waals surface area contributed by atoms with Crippen LogP contribution in [-0.4, -0.2) is 47.0 Å². The minimum atomic E-state index is -5.37. The molecule has 36 heavy (non-hydrogen) atoms. The van der Waals surface area contributed by atoms with Gasteiger partial charge in [-0.25, -0.2) is 4.39 Å². The summed E-state index contributed by atoms with van der Waals surface area (Å²) in [6.45, 7) is 2.05. The zero-order valence-corrected chi connectivity index (χ0v) is 19.2. The van der Waals surface area contributed by atoms with Gasteiger partial charge >= 0.3 is 12.4 Å². The fraction of sp³-hybridized carbons (Fsp3) is 0.391. The van der Waals surface area contributed by atoms with Crippen molar-refractivity contribution >= 4 is 23.2 Å². The smallest absolute Gasteiger partial charge is 0.391 e. The predicted octanol–water partition coefficient (Wildman–Crippen LogP) is 5.60. The number of hydrogen-bond donors (Lipinski definition) is 1. The molecule has 0 aliphatic carbocycles. The van der Waals surface area contributed by atoms with E-state index in [1.54, 1.807) is 6.92 Å². The molecule has 2 aromatic carbocycles. The quantitative estimate of drug-likeness (QED) is 0.518. The summed E-state index contributed by atoms with van der Waals surface area (Å²) in [5.41, 5.74) is -6.12. The van der Waals surface area contributed by atoms with Crippen LogP contribution in [0.5, 0.6) is 0 Å². The monoisotopic (exact) mass is 538 g/mol. The average molecular weight is 539 g/mol. The fourth-order valence-electron chi connectivity index (χ4n) is 4.26. The topological polar surface area (TPSA) is 62.1 Å². The first kappa shape index (κ1) is 26.2. The van der Waals surface area contributed by atoms with Crippen molar-refractivity contribution in [3.05, 3.63) is 69.0 Å². The number of hydrogen-bond acceptors (Lipinski definition) is 4. The molecule has 2 atom stereocenters. The zero-order chi connectivity index (χ0) is 26.6. The van der Waals surface area contributed by atoms with E-state index in [1.165, 1.54) is 23.1 Å². The number of alkyl halides is 6. The maximum atomic E-state index is 14.7. The Balaban J connectivity index is 1.69. The van der Waals surface area contributed by atoms with E-state index in [2.05, 4.69) is 9.99 Å². The Bertz CT molecular complexity index is 1250. The molecule has 1 fully saturated rings. The van der Waals surface area contributed by atoms with Gasteiger partial charge in [0.2, 0.25) is 0 Å². The number of halogens is 8. The molecule has 2 aliphatic rings. The Hall–Kier alpha value is -2.86. The second-order valence-corrected chi connectivity index (χ2v) is 9.08. The molecule has 0 saturated carbocycles. The molecule has 0 bridgehead atoms. The van der Waals surface area contributed by atoms with Crippen LogP contribution in [-0.2, 0) is 16.6 Å². The van der Waals surface area contributed by atoms with Crippen LogP contribution >= 0.6 is 11.6 Å². The number of likely N-dealkylation sites (tertiary alicyclic amines) is 1. The number of oxime groups is 1. The molecule has 13 heteroatoms. The van der Waals surface area contributed by atoms with Crippen molar-refractivity contribution in [3.8, 4) is 0 Å². The van der Waals surface area contributed by atoms with Gasteiger partial charge in [-0.05, 0) is 48.7 Å². The summed E-state index contributed by atoms with van der Waals surface area (Å²) in [5, 5.41) is 11.9. The molecule has 1 amide bonds. The highest BCUT2D eigenvalue weighted by molar-refractivity contribution is 6.30. The number of aliphatic hydroxyl groups is 1. The average Bonchev–Trinajstić information content (AvgIpc) is 3.41. The molecule has 0 aromatic heterocycles. The van der Waals surface area contributed by atoms with Crippen molar-refractivity contribution in [2.45, 2.75) is 43.8 Å². The molecule has 0 unspecified atom stereocenters. The van der Waals surface area contributed by atoms with Gasteiger partial charge in [-0.15, -0.1) is 0 Å². The van der Waals surface area contributed by atoms with E-state index in [9.17, 15) is 40.6 Å². The molecule has 4 rings (SSSR count). The number of benzene rings is 2. The van der Waals surface area contributed by atoms with Crippen LogP contribution < -0.4 is 0 Å². The summed E-state index contributed by atoms with van der Waals surface area (Å²) < 4.78 is 97.1. The number of amides is 1. The Morgan fingerprint density at radius 1 is 1.19 bits per heavy atom. The minimum absolute atomic E-state index is 0.0185. The van der Waals surface area contributed by atoms with E-state index in [-0.39, 0.29) is 41.4 Å². The van der Waals surface area contributed by atoms with Gasteiger partial charge in [-0.1, -0.05) is 22.8 Å². The standard InChI is InChI=1S/C23H18ClF7N2O3/c1-11-6-12(2-3-15(11)20(35)33-5-4-14(34)10-33)18-9-21(36-32-18,23(29,30)31)16-7-13(22(26,27)28)8-17(24)19(16)25/h2-3,6-8,14,34H,4-5,9-10H2,1H3/t14-,21-/m1/s1. The second-order valence-electron chi connectivity index (χ2n) is 8.67. The number of nitrogens with zero attached hydrogens (tertiary/aromatic N) is 2. The highest BCUT2D eigenvalue weighted by atomic mass is 35.5. The summed E-state index contributed by atoms with van der Waals surface area (Å²) in [5.74, 6) is -2.08. The highest BCUT2D eigenvalue weighted by Gasteiger charge is 2.64. The molecule has 2 aliphatic heterocycles. The van der Waals surface area contributed by atoms with Crippen molar-refractivity contribution < 1.29 is 45.5 Å². The van der Waals surface area contributed by atoms with E-state index in [0.29, 0.717) is 18.5 Å². The lowest BCUT2D eigenvalue weighted by Crippen LogP contribution is -2.43. The maximum Gasteiger partial charge on any atom is 0.435 e. The van der Waals surface area contributed by atoms with Crippen molar-refractivity contribution in [2.75, 3.05) is 13.1 Å². The Morgan fingerprint density at radius 3 is 2.44 bits per heavy atom. The molecule has 5 nitrogen and oxygen atoms in total. The Kier molecular flexibility index (Phi) is 6.49. The maximum absolute atomic E-state index is 14.7. The molecule has 0 radical (unpaired) electrons. The van der Waals surface area contributed by atoms with Gasteiger partial charge in [0, 0.05) is 24.2 Å². The van der Waals surface area contributed by atoms with E-state index >= 15 is 0 Å². The van der Waals surface area contributed by atoms with E-state index in [4.69, 9.17) is 11.6 Å². The Morgan fingerprint density at radius 2 is 1.89 bits per heavy atom. The molecular formula is C23H18ClF7N2O3. The summed E-state index contributed by atoms with van der Waals surface area (Å²) in [6, 6.07) is 4.28. The minimum Gasteiger partial charge on any atom is -0.391 e. The van der Waals surface area contributed by atoms with Gasteiger partial charge < -0.3 is 14.8 Å². The summed E-state index contributed by atoms with van der Waals surface area (Å²) in [4.78, 5) is 18.8. The third-order valence-corrected chi connectivity index (χ3v) is 6.49. The van der Waals surface area contributed by atoms with Crippen LogP contribution in [0.15, 0.2) is 35.5 Å². The molecular weight excluding hydrogens is 521 g/mol. The summed E-state index contributed by atoms with van der Waals surface area (Å²) >= 11 is 5.51. The van der Waals surface area contributed by atoms with Gasteiger partial charge in [0.1, 0.15) is 5.82 Å². The lowest BCUT2D eigenvalue weighted by atomic mass is 9.85. The molecule has 1 N–H and O–H groups in total. The highest BCUT2D eigenvalue weighted by Crippen LogP contribution is 2.51. The lowest BCUT2D eigenvalue weighted by molar-refractivity contribution is -0.276. The van der Waals surface area contributed by atoms with Gasteiger partial charge in [0.15, 0.2) is 0 Å². The van der Waals surface area contributed by atoms with Crippen molar-refractivity contribution in [1.29, 1.82) is 0 Å². The van der Waals surface area contributed by atoms with Crippen LogP contribution in [0, 0.1) is 12.7 Å². The van der Waals surface area contributed by atoms with Crippen molar-refractivity contribution in [1.82, 2.24) is 4.90 Å². The number of rotatable bonds is 3. The first-order valence-electron chi connectivity index (χ1n) is 10.6. The Labute approximate surface area is 205 Å². The van der Waals surface area contributed by atoms with Crippen LogP contribution in [0.3, 0.4) is 0 Å². The number of aryl methyl sites for hydroxylation is 1. The molecule has 1 saturated heterocycles. The first-order valence-corrected chi connectivity index (χ1v) is 11.0. The number of carbonyl (C=O) groups is 1. The molecule has 2 aromatic rings. The lowest BCUT2D eigenvalue weighted by Gasteiger charge is -2.30. The van der Waals surface area contributed by atoms with Crippen LogP contribution in [0.2, 0.25) is 5.02 Å². The van der Waals surface area contributed by atoms with Crippen LogP contribution in [0.4, 0.5) is 30.7 Å². The third kappa shape index (κ3) is 4.52. The summed E-state index contributed by atoms with van der Waals surface area (Å²) in [7, 11) is 0. The van der Waals surface area contributed by atoms with Gasteiger partial charge in [0.05, 0.1) is 28.8 Å². The largest absolute Gasteiger partial charge is 0.435 e. The number of β-amino-alcohol motifs (C(OH)–C–C–N with tert-alkyl or cyclic N) is 1. The van der Waals surface area contributed by atoms with E-state index in [0.717, 1.165) is 0 Å². The van der Waals surface area contributed by atoms with Crippen molar-refractivity contribution in [2.24, 2.45) is 5.16 Å². The zero-order valence-electron chi connectivity index (χ0n) is 18.5. The van der Waals surface area contributed by atoms with Crippen LogP contribution in [0.1, 0.15) is 45.5 Å². The van der Waals surface area contributed by atoms with E-state index in [1.807, 2.05) is 0 Å². The normalized spacial score (nSPS) is 22.6.